The zero-order chi connectivity index (χ0) is 20.8. The number of rotatable bonds is 6. The van der Waals surface area contributed by atoms with Crippen LogP contribution in [0.4, 0.5) is 17.2 Å². The van der Waals surface area contributed by atoms with Crippen LogP contribution >= 0.6 is 11.8 Å². The molecule has 0 saturated carbocycles. The van der Waals surface area contributed by atoms with Crippen LogP contribution in [0.5, 0.6) is 0 Å². The SMILES string of the molecule is CSc1ccccc1-c1cc(Nc2ccc(NC(=O)[C@@H]3CCCCN3)cc2)ncn1. The highest BCUT2D eigenvalue weighted by Crippen LogP contribution is 2.30. The Bertz CT molecular complexity index is 1000. The Morgan fingerprint density at radius 3 is 2.63 bits per heavy atom. The number of aromatic nitrogens is 2. The molecule has 1 aromatic heterocycles. The van der Waals surface area contributed by atoms with Crippen LogP contribution in [0.15, 0.2) is 65.8 Å². The van der Waals surface area contributed by atoms with E-state index in [0.717, 1.165) is 54.3 Å². The van der Waals surface area contributed by atoms with E-state index >= 15 is 0 Å². The number of carbonyl (C=O) groups is 1. The van der Waals surface area contributed by atoms with Crippen LogP contribution < -0.4 is 16.0 Å². The first kappa shape index (κ1) is 20.4. The average Bonchev–Trinajstić information content (AvgIpc) is 2.81. The van der Waals surface area contributed by atoms with Gasteiger partial charge in [-0.1, -0.05) is 24.6 Å². The molecule has 1 saturated heterocycles. The number of anilines is 3. The average molecular weight is 420 g/mol. The van der Waals surface area contributed by atoms with Gasteiger partial charge in [0.05, 0.1) is 11.7 Å². The minimum atomic E-state index is -0.0971. The summed E-state index contributed by atoms with van der Waals surface area (Å²) in [5.74, 6) is 0.752. The van der Waals surface area contributed by atoms with Crippen LogP contribution in [0.25, 0.3) is 11.3 Å². The van der Waals surface area contributed by atoms with Gasteiger partial charge >= 0.3 is 0 Å². The number of hydrogen-bond acceptors (Lipinski definition) is 6. The monoisotopic (exact) mass is 419 g/mol. The van der Waals surface area contributed by atoms with Gasteiger partial charge < -0.3 is 16.0 Å². The third-order valence-corrected chi connectivity index (χ3v) is 5.90. The summed E-state index contributed by atoms with van der Waals surface area (Å²) in [6.07, 6.45) is 6.75. The van der Waals surface area contributed by atoms with Gasteiger partial charge in [-0.25, -0.2) is 9.97 Å². The zero-order valence-corrected chi connectivity index (χ0v) is 17.7. The van der Waals surface area contributed by atoms with Crippen molar-refractivity contribution in [3.05, 3.63) is 60.9 Å². The minimum absolute atomic E-state index is 0.0308. The molecule has 1 aliphatic heterocycles. The maximum absolute atomic E-state index is 12.4. The fraction of sp³-hybridized carbons (Fsp3) is 0.261. The van der Waals surface area contributed by atoms with E-state index in [1.807, 2.05) is 42.5 Å². The minimum Gasteiger partial charge on any atom is -0.340 e. The molecule has 0 radical (unpaired) electrons. The van der Waals surface area contributed by atoms with Crippen LogP contribution in [0.3, 0.4) is 0 Å². The van der Waals surface area contributed by atoms with Gasteiger partial charge in [0, 0.05) is 27.9 Å². The summed E-state index contributed by atoms with van der Waals surface area (Å²) >= 11 is 1.70. The lowest BCUT2D eigenvalue weighted by Gasteiger charge is -2.22. The van der Waals surface area contributed by atoms with Crippen molar-refractivity contribution < 1.29 is 4.79 Å². The predicted octanol–water partition coefficient (Wildman–Crippen LogP) is 4.69. The highest BCUT2D eigenvalue weighted by Gasteiger charge is 2.20. The van der Waals surface area contributed by atoms with Crippen molar-refractivity contribution >= 4 is 34.9 Å². The Kier molecular flexibility index (Phi) is 6.61. The quantitative estimate of drug-likeness (QED) is 0.503. The van der Waals surface area contributed by atoms with Gasteiger partial charge in [-0.15, -0.1) is 11.8 Å². The lowest BCUT2D eigenvalue weighted by Crippen LogP contribution is -2.43. The highest BCUT2D eigenvalue weighted by atomic mass is 32.2. The van der Waals surface area contributed by atoms with Crippen molar-refractivity contribution in [3.63, 3.8) is 0 Å². The number of benzene rings is 2. The molecule has 0 unspecified atom stereocenters. The molecule has 2 aromatic carbocycles. The van der Waals surface area contributed by atoms with Crippen molar-refractivity contribution in [2.75, 3.05) is 23.4 Å². The van der Waals surface area contributed by atoms with Crippen LogP contribution in [-0.4, -0.2) is 34.7 Å². The number of nitrogens with zero attached hydrogens (tertiary/aromatic N) is 2. The zero-order valence-electron chi connectivity index (χ0n) is 16.9. The predicted molar refractivity (Wildman–Crippen MR) is 123 cm³/mol. The molecule has 0 spiro atoms. The van der Waals surface area contributed by atoms with Gasteiger partial charge in [-0.2, -0.15) is 0 Å². The fourth-order valence-corrected chi connectivity index (χ4v) is 4.13. The molecule has 154 valence electrons. The number of amides is 1. The van der Waals surface area contributed by atoms with E-state index in [0.29, 0.717) is 0 Å². The highest BCUT2D eigenvalue weighted by molar-refractivity contribution is 7.98. The van der Waals surface area contributed by atoms with Crippen LogP contribution in [0.2, 0.25) is 0 Å². The number of thioether (sulfide) groups is 1. The number of nitrogens with one attached hydrogen (secondary N) is 3. The molecule has 0 bridgehead atoms. The molecule has 4 rings (SSSR count). The molecule has 3 aromatic rings. The van der Waals surface area contributed by atoms with Crippen molar-refractivity contribution in [2.45, 2.75) is 30.2 Å². The van der Waals surface area contributed by atoms with Crippen LogP contribution in [0, 0.1) is 0 Å². The summed E-state index contributed by atoms with van der Waals surface area (Å²) in [4.78, 5) is 22.3. The van der Waals surface area contributed by atoms with E-state index in [4.69, 9.17) is 0 Å². The van der Waals surface area contributed by atoms with E-state index in [9.17, 15) is 4.79 Å². The van der Waals surface area contributed by atoms with Gasteiger partial charge in [0.2, 0.25) is 5.91 Å². The topological polar surface area (TPSA) is 78.9 Å². The molecule has 30 heavy (non-hydrogen) atoms. The molecule has 7 heteroatoms. The van der Waals surface area contributed by atoms with Crippen LogP contribution in [-0.2, 0) is 4.79 Å². The molecular weight excluding hydrogens is 394 g/mol. The van der Waals surface area contributed by atoms with E-state index in [1.54, 1.807) is 18.1 Å². The third kappa shape index (κ3) is 4.98. The van der Waals surface area contributed by atoms with E-state index < -0.39 is 0 Å². The molecule has 1 aliphatic rings. The summed E-state index contributed by atoms with van der Waals surface area (Å²) in [6, 6.07) is 17.7. The van der Waals surface area contributed by atoms with Gasteiger partial charge in [0.1, 0.15) is 12.1 Å². The van der Waals surface area contributed by atoms with Crippen molar-refractivity contribution in [1.29, 1.82) is 0 Å². The van der Waals surface area contributed by atoms with Gasteiger partial charge in [-0.05, 0) is 56.0 Å². The summed E-state index contributed by atoms with van der Waals surface area (Å²) < 4.78 is 0. The second-order valence-electron chi connectivity index (χ2n) is 7.18. The summed E-state index contributed by atoms with van der Waals surface area (Å²) in [5, 5.41) is 9.57. The summed E-state index contributed by atoms with van der Waals surface area (Å²) in [7, 11) is 0. The molecule has 1 fully saturated rings. The first-order valence-electron chi connectivity index (χ1n) is 10.1. The molecular formula is C23H25N5OS. The normalized spacial score (nSPS) is 16.1. The molecule has 0 aliphatic carbocycles. The van der Waals surface area contributed by atoms with Crippen LogP contribution in [0.1, 0.15) is 19.3 Å². The van der Waals surface area contributed by atoms with Gasteiger partial charge in [0.15, 0.2) is 0 Å². The Labute approximate surface area is 180 Å². The Morgan fingerprint density at radius 2 is 1.87 bits per heavy atom. The van der Waals surface area contributed by atoms with Crippen molar-refractivity contribution in [2.24, 2.45) is 0 Å². The summed E-state index contributed by atoms with van der Waals surface area (Å²) in [6.45, 7) is 0.906. The summed E-state index contributed by atoms with van der Waals surface area (Å²) in [5.41, 5.74) is 3.65. The first-order chi connectivity index (χ1) is 14.7. The van der Waals surface area contributed by atoms with E-state index in [2.05, 4.69) is 44.3 Å². The Morgan fingerprint density at radius 1 is 1.07 bits per heavy atom. The fourth-order valence-electron chi connectivity index (χ4n) is 3.52. The van der Waals surface area contributed by atoms with Crippen molar-refractivity contribution in [3.8, 4) is 11.3 Å². The maximum atomic E-state index is 12.4. The third-order valence-electron chi connectivity index (χ3n) is 5.10. The number of carbonyl (C=O) groups excluding carboxylic acids is 1. The van der Waals surface area contributed by atoms with E-state index in [1.165, 1.54) is 4.90 Å². The number of hydrogen-bond donors (Lipinski definition) is 3. The maximum Gasteiger partial charge on any atom is 0.241 e. The first-order valence-corrected chi connectivity index (χ1v) is 11.3. The lowest BCUT2D eigenvalue weighted by molar-refractivity contribution is -0.118. The molecule has 1 atom stereocenters. The Balaban J connectivity index is 1.43. The molecule has 2 heterocycles. The smallest absolute Gasteiger partial charge is 0.241 e. The second-order valence-corrected chi connectivity index (χ2v) is 8.03. The standard InChI is InChI=1S/C23H25N5OS/c1-30-21-8-3-2-6-18(21)20-14-22(26-15-25-20)27-16-9-11-17(12-10-16)28-23(29)19-7-4-5-13-24-19/h2-3,6,8-12,14-15,19,24H,4-5,7,13H2,1H3,(H,28,29)(H,25,26,27)/t19-/m0/s1. The lowest BCUT2D eigenvalue weighted by atomic mass is 10.0. The molecule has 1 amide bonds. The molecule has 6 nitrogen and oxygen atoms in total. The largest absolute Gasteiger partial charge is 0.340 e. The second kappa shape index (κ2) is 9.73. The van der Waals surface area contributed by atoms with Gasteiger partial charge in [-0.3, -0.25) is 4.79 Å². The van der Waals surface area contributed by atoms with Crippen molar-refractivity contribution in [1.82, 2.24) is 15.3 Å². The van der Waals surface area contributed by atoms with Gasteiger partial charge in [0.25, 0.3) is 0 Å². The Hall–Kier alpha value is -2.90. The molecule has 3 N–H and O–H groups in total. The number of piperidine rings is 1. The van der Waals surface area contributed by atoms with E-state index in [-0.39, 0.29) is 11.9 Å².